The van der Waals surface area contributed by atoms with Gasteiger partial charge in [0.15, 0.2) is 0 Å². The van der Waals surface area contributed by atoms with Crippen molar-refractivity contribution in [1.82, 2.24) is 0 Å². The summed E-state index contributed by atoms with van der Waals surface area (Å²) in [5, 5.41) is 2.91. The highest BCUT2D eigenvalue weighted by Gasteiger charge is 2.24. The fraction of sp³-hybridized carbons (Fsp3) is 0.292. The molecule has 3 rings (SSSR count). The molecule has 1 heterocycles. The molecule has 8 heteroatoms. The van der Waals surface area contributed by atoms with Crippen molar-refractivity contribution >= 4 is 46.3 Å². The van der Waals surface area contributed by atoms with Crippen molar-refractivity contribution in [2.75, 3.05) is 17.7 Å². The summed E-state index contributed by atoms with van der Waals surface area (Å²) in [6, 6.07) is 14.6. The van der Waals surface area contributed by atoms with Crippen LogP contribution in [0, 0.1) is 6.92 Å². The monoisotopic (exact) mass is 455 g/mol. The van der Waals surface area contributed by atoms with Crippen LogP contribution in [-0.2, 0) is 25.7 Å². The Morgan fingerprint density at radius 2 is 1.78 bits per heavy atom. The van der Waals surface area contributed by atoms with E-state index < -0.39 is 17.2 Å². The molecule has 0 saturated heterocycles. The maximum Gasteiger partial charge on any atom is 0.374 e. The molecule has 168 valence electrons. The Labute approximate surface area is 190 Å². The fourth-order valence-corrected chi connectivity index (χ4v) is 3.64. The van der Waals surface area contributed by atoms with Crippen LogP contribution in [0.5, 0.6) is 0 Å². The van der Waals surface area contributed by atoms with Crippen molar-refractivity contribution in [3.63, 3.8) is 0 Å². The van der Waals surface area contributed by atoms with E-state index in [2.05, 4.69) is 5.32 Å². The number of carbonyl (C=O) groups is 3. The summed E-state index contributed by atoms with van der Waals surface area (Å²) in [6.45, 7) is 5.41. The topological polar surface area (TPSA) is 94.8 Å². The molecule has 0 radical (unpaired) electrons. The molecule has 7 nitrogen and oxygen atoms in total. The Bertz CT molecular complexity index is 1110. The number of furan rings is 1. The van der Waals surface area contributed by atoms with E-state index in [1.807, 2.05) is 37.3 Å². The number of benzene rings is 2. The third-order valence-corrected chi connectivity index (χ3v) is 5.77. The maximum absolute atomic E-state index is 12.5. The molecule has 3 aromatic rings. The summed E-state index contributed by atoms with van der Waals surface area (Å²) in [6.07, 6.45) is 0. The summed E-state index contributed by atoms with van der Waals surface area (Å²) in [5.41, 5.74) is 2.78. The number of nitrogens with one attached hydrogen (secondary N) is 1. The van der Waals surface area contributed by atoms with Gasteiger partial charge < -0.3 is 19.2 Å². The smallest absolute Gasteiger partial charge is 0.374 e. The van der Waals surface area contributed by atoms with E-state index in [0.717, 1.165) is 5.56 Å². The van der Waals surface area contributed by atoms with Crippen LogP contribution in [0.25, 0.3) is 11.0 Å². The van der Waals surface area contributed by atoms with Gasteiger partial charge in [0, 0.05) is 11.1 Å². The zero-order valence-corrected chi connectivity index (χ0v) is 19.0. The second-order valence-electron chi connectivity index (χ2n) is 7.10. The Balaban J connectivity index is 1.57. The van der Waals surface area contributed by atoms with Gasteiger partial charge >= 0.3 is 11.9 Å². The predicted octanol–water partition coefficient (Wildman–Crippen LogP) is 4.72. The van der Waals surface area contributed by atoms with Crippen molar-refractivity contribution in [3.05, 3.63) is 65.4 Å². The Kier molecular flexibility index (Phi) is 7.94. The molecule has 0 bridgehead atoms. The summed E-state index contributed by atoms with van der Waals surface area (Å²) >= 11 is 1.17. The summed E-state index contributed by atoms with van der Waals surface area (Å²) in [4.78, 5) is 36.9. The second-order valence-corrected chi connectivity index (χ2v) is 8.43. The first-order valence-electron chi connectivity index (χ1n) is 10.2. The lowest BCUT2D eigenvalue weighted by Crippen LogP contribution is -2.21. The number of fused-ring (bicyclic) bond motifs is 1. The number of aryl methyl sites for hydroxylation is 1. The SMILES string of the molecule is CCOC(=O)c1oc2ccccc2c1COC(=O)C(C)SCC(=O)Nc1ccc(C)cc1. The molecule has 0 fully saturated rings. The predicted molar refractivity (Wildman–Crippen MR) is 124 cm³/mol. The van der Waals surface area contributed by atoms with Crippen molar-refractivity contribution in [3.8, 4) is 0 Å². The normalized spacial score (nSPS) is 11.7. The zero-order valence-electron chi connectivity index (χ0n) is 18.2. The standard InChI is InChI=1S/C24H25NO6S/c1-4-29-24(28)22-19(18-7-5-6-8-20(18)31-22)13-30-23(27)16(3)32-14-21(26)25-17-11-9-15(2)10-12-17/h5-12,16H,4,13-14H2,1-3H3,(H,25,26). The molecule has 32 heavy (non-hydrogen) atoms. The Hall–Kier alpha value is -3.26. The number of carbonyl (C=O) groups excluding carboxylic acids is 3. The minimum atomic E-state index is -0.607. The lowest BCUT2D eigenvalue weighted by Gasteiger charge is -2.12. The van der Waals surface area contributed by atoms with Crippen LogP contribution in [0.2, 0.25) is 0 Å². The number of para-hydroxylation sites is 1. The minimum Gasteiger partial charge on any atom is -0.460 e. The van der Waals surface area contributed by atoms with Crippen LogP contribution in [0.4, 0.5) is 5.69 Å². The first kappa shape index (κ1) is 23.4. The molecule has 0 spiro atoms. The zero-order chi connectivity index (χ0) is 23.1. The van der Waals surface area contributed by atoms with Gasteiger partial charge in [0.2, 0.25) is 11.7 Å². The third kappa shape index (κ3) is 5.91. The van der Waals surface area contributed by atoms with Crippen LogP contribution in [0.15, 0.2) is 52.9 Å². The van der Waals surface area contributed by atoms with E-state index in [1.54, 1.807) is 32.0 Å². The van der Waals surface area contributed by atoms with Crippen LogP contribution >= 0.6 is 11.8 Å². The van der Waals surface area contributed by atoms with Gasteiger partial charge in [-0.3, -0.25) is 9.59 Å². The van der Waals surface area contributed by atoms with Gasteiger partial charge in [0.1, 0.15) is 17.4 Å². The first-order valence-corrected chi connectivity index (χ1v) is 11.3. The molecule has 2 aromatic carbocycles. The molecule has 0 aliphatic carbocycles. The number of thioether (sulfide) groups is 1. The van der Waals surface area contributed by atoms with Gasteiger partial charge in [0.05, 0.1) is 17.9 Å². The Morgan fingerprint density at radius 1 is 1.06 bits per heavy atom. The van der Waals surface area contributed by atoms with E-state index >= 15 is 0 Å². The number of hydrogen-bond acceptors (Lipinski definition) is 7. The van der Waals surface area contributed by atoms with Crippen molar-refractivity contribution in [2.24, 2.45) is 0 Å². The van der Waals surface area contributed by atoms with Crippen LogP contribution in [0.3, 0.4) is 0 Å². The molecule has 1 N–H and O–H groups in total. The molecule has 0 saturated carbocycles. The van der Waals surface area contributed by atoms with Gasteiger partial charge in [0.25, 0.3) is 0 Å². The van der Waals surface area contributed by atoms with Crippen molar-refractivity contribution in [2.45, 2.75) is 32.6 Å². The second kappa shape index (κ2) is 10.9. The van der Waals surface area contributed by atoms with E-state index in [-0.39, 0.29) is 30.6 Å². The molecule has 1 amide bonds. The molecular weight excluding hydrogens is 430 g/mol. The van der Waals surface area contributed by atoms with Gasteiger partial charge in [-0.2, -0.15) is 0 Å². The van der Waals surface area contributed by atoms with E-state index in [1.165, 1.54) is 11.8 Å². The van der Waals surface area contributed by atoms with Crippen LogP contribution < -0.4 is 5.32 Å². The summed E-state index contributed by atoms with van der Waals surface area (Å²) < 4.78 is 16.1. The van der Waals surface area contributed by atoms with Gasteiger partial charge in [-0.05, 0) is 39.0 Å². The molecule has 1 unspecified atom stereocenters. The number of anilines is 1. The van der Waals surface area contributed by atoms with Crippen molar-refractivity contribution < 1.29 is 28.3 Å². The average Bonchev–Trinajstić information content (AvgIpc) is 3.16. The number of ether oxygens (including phenoxy) is 2. The maximum atomic E-state index is 12.5. The average molecular weight is 456 g/mol. The lowest BCUT2D eigenvalue weighted by atomic mass is 10.1. The molecular formula is C24H25NO6S. The highest BCUT2D eigenvalue weighted by Crippen LogP contribution is 2.28. The fourth-order valence-electron chi connectivity index (χ4n) is 2.97. The highest BCUT2D eigenvalue weighted by atomic mass is 32.2. The molecule has 0 aliphatic heterocycles. The van der Waals surface area contributed by atoms with E-state index in [0.29, 0.717) is 22.2 Å². The molecule has 0 aliphatic rings. The number of rotatable bonds is 9. The number of esters is 2. The summed E-state index contributed by atoms with van der Waals surface area (Å²) in [5.74, 6) is -1.17. The number of amides is 1. The van der Waals surface area contributed by atoms with Gasteiger partial charge in [-0.15, -0.1) is 11.8 Å². The van der Waals surface area contributed by atoms with Gasteiger partial charge in [-0.1, -0.05) is 35.9 Å². The van der Waals surface area contributed by atoms with Crippen LogP contribution in [-0.4, -0.2) is 35.5 Å². The van der Waals surface area contributed by atoms with Gasteiger partial charge in [-0.25, -0.2) is 4.79 Å². The summed E-state index contributed by atoms with van der Waals surface area (Å²) in [7, 11) is 0. The quantitative estimate of drug-likeness (QED) is 0.467. The third-order valence-electron chi connectivity index (χ3n) is 4.65. The van der Waals surface area contributed by atoms with Crippen LogP contribution in [0.1, 0.15) is 35.5 Å². The molecule has 1 aromatic heterocycles. The Morgan fingerprint density at radius 3 is 2.50 bits per heavy atom. The minimum absolute atomic E-state index is 0.0265. The van der Waals surface area contributed by atoms with E-state index in [9.17, 15) is 14.4 Å². The highest BCUT2D eigenvalue weighted by molar-refractivity contribution is 8.01. The van der Waals surface area contributed by atoms with E-state index in [4.69, 9.17) is 13.9 Å². The molecule has 1 atom stereocenters. The lowest BCUT2D eigenvalue weighted by molar-refractivity contribution is -0.143. The number of hydrogen-bond donors (Lipinski definition) is 1. The largest absolute Gasteiger partial charge is 0.460 e. The van der Waals surface area contributed by atoms with Crippen molar-refractivity contribution in [1.29, 1.82) is 0 Å². The first-order chi connectivity index (χ1) is 15.4.